The van der Waals surface area contributed by atoms with Crippen LogP contribution in [0, 0.1) is 0 Å². The fourth-order valence-electron chi connectivity index (χ4n) is 0. The van der Waals surface area contributed by atoms with Crippen LogP contribution in [0.3, 0.4) is 0 Å². The zero-order chi connectivity index (χ0) is 2.71. The van der Waals surface area contributed by atoms with E-state index < -0.39 is 0 Å². The Balaban J connectivity index is 0. The topological polar surface area (TPSA) is 0 Å². The van der Waals surface area contributed by atoms with Crippen molar-refractivity contribution in [2.24, 2.45) is 0 Å². The molecular weight excluding hydrogens is 159 g/mol. The van der Waals surface area contributed by atoms with Crippen LogP contribution >= 0.6 is 33.7 Å². The molecule has 0 radical (unpaired) electrons. The monoisotopic (exact) mass is 160 g/mol. The van der Waals surface area contributed by atoms with Crippen molar-refractivity contribution in [1.29, 1.82) is 0 Å². The molecule has 0 atom stereocenters. The van der Waals surface area contributed by atoms with E-state index >= 15 is 0 Å². The van der Waals surface area contributed by atoms with Crippen LogP contribution in [-0.4, -0.2) is 0 Å². The fourth-order valence-corrected chi connectivity index (χ4v) is 0. The fraction of sp³-hybridized carbons (Fsp3) is 0. The summed E-state index contributed by atoms with van der Waals surface area (Å²) >= 11 is 0.194. The summed E-state index contributed by atoms with van der Waals surface area (Å²) in [6.45, 7) is 0. The van der Waals surface area contributed by atoms with Gasteiger partial charge in [-0.3, -0.25) is 0 Å². The van der Waals surface area contributed by atoms with Gasteiger partial charge in [0.1, 0.15) is 0 Å². The molecule has 0 aliphatic heterocycles. The van der Waals surface area contributed by atoms with Gasteiger partial charge in [0.25, 0.3) is 0 Å². The third-order valence-electron chi connectivity index (χ3n) is 0. The summed E-state index contributed by atoms with van der Waals surface area (Å²) in [5, 5.41) is 0. The number of rotatable bonds is 0. The molecule has 0 aliphatic carbocycles. The molecule has 0 N–H and O–H groups in total. The molecule has 0 aromatic rings. The molecule has 0 nitrogen and oxygen atoms in total. The van der Waals surface area contributed by atoms with E-state index in [1.165, 1.54) is 0 Å². The standard InChI is InChI=1S/2ClH.Fe.H2S/h2*1H;;1H2/q;;+2;/p-2. The second-order valence-corrected chi connectivity index (χ2v) is 1.87. The molecule has 0 heterocycles. The van der Waals surface area contributed by atoms with Gasteiger partial charge >= 0.3 is 33.3 Å². The Hall–Kier alpha value is 1.45. The Morgan fingerprint density at radius 1 is 1.25 bits per heavy atom. The molecule has 0 aromatic carbocycles. The predicted molar refractivity (Wildman–Crippen MR) is 22.1 cm³/mol. The van der Waals surface area contributed by atoms with Crippen molar-refractivity contribution < 1.29 is 13.1 Å². The third-order valence-corrected chi connectivity index (χ3v) is 0. The summed E-state index contributed by atoms with van der Waals surface area (Å²) in [7, 11) is 9.53. The average molecular weight is 161 g/mol. The molecule has 0 aromatic heterocycles. The summed E-state index contributed by atoms with van der Waals surface area (Å²) in [4.78, 5) is 0. The number of hydrogen-bond acceptors (Lipinski definition) is 0. The summed E-state index contributed by atoms with van der Waals surface area (Å²) in [6.07, 6.45) is 0. The van der Waals surface area contributed by atoms with E-state index in [0.717, 1.165) is 0 Å². The first-order chi connectivity index (χ1) is 1.41. The Labute approximate surface area is 46.9 Å². The Morgan fingerprint density at radius 2 is 1.25 bits per heavy atom. The van der Waals surface area contributed by atoms with Crippen LogP contribution in [0.15, 0.2) is 0 Å². The molecule has 30 valence electrons. The molecule has 0 saturated heterocycles. The third kappa shape index (κ3) is 9.85. The first kappa shape index (κ1) is 9.07. The minimum absolute atomic E-state index is 0. The van der Waals surface area contributed by atoms with Gasteiger partial charge in [-0.1, -0.05) is 0 Å². The molecule has 0 bridgehead atoms. The van der Waals surface area contributed by atoms with Crippen molar-refractivity contribution in [1.82, 2.24) is 0 Å². The summed E-state index contributed by atoms with van der Waals surface area (Å²) in [5.74, 6) is 0. The number of hydrogen-bond donors (Lipinski definition) is 0. The zero-order valence-electron chi connectivity index (χ0n) is 1.61. The molecular formula is H2Cl2FeS. The van der Waals surface area contributed by atoms with E-state index in [1.54, 1.807) is 0 Å². The van der Waals surface area contributed by atoms with E-state index in [9.17, 15) is 0 Å². The van der Waals surface area contributed by atoms with Crippen molar-refractivity contribution >= 4 is 33.7 Å². The molecule has 0 rings (SSSR count). The molecule has 4 heteroatoms. The van der Waals surface area contributed by atoms with Gasteiger partial charge in [0.05, 0.1) is 0 Å². The zero-order valence-corrected chi connectivity index (χ0v) is 5.23. The maximum atomic E-state index is 4.76. The Morgan fingerprint density at radius 3 is 1.25 bits per heavy atom. The normalized spacial score (nSPS) is 5.50. The first-order valence-electron chi connectivity index (χ1n) is 0.267. The first-order valence-corrected chi connectivity index (χ1v) is 3.31. The van der Waals surface area contributed by atoms with Gasteiger partial charge in [-0.25, -0.2) is 0 Å². The summed E-state index contributed by atoms with van der Waals surface area (Å²) < 4.78 is 0. The van der Waals surface area contributed by atoms with Gasteiger partial charge in [0.15, 0.2) is 0 Å². The molecule has 0 spiro atoms. The van der Waals surface area contributed by atoms with Gasteiger partial charge < -0.3 is 0 Å². The van der Waals surface area contributed by atoms with Crippen LogP contribution in [0.4, 0.5) is 0 Å². The van der Waals surface area contributed by atoms with E-state index in [-0.39, 0.29) is 26.6 Å². The molecule has 0 unspecified atom stereocenters. The van der Waals surface area contributed by atoms with Gasteiger partial charge in [-0.05, 0) is 0 Å². The van der Waals surface area contributed by atoms with Crippen molar-refractivity contribution in [2.75, 3.05) is 0 Å². The second kappa shape index (κ2) is 8.82. The van der Waals surface area contributed by atoms with Gasteiger partial charge in [-0.15, -0.1) is 0 Å². The van der Waals surface area contributed by atoms with E-state index in [1.807, 2.05) is 0 Å². The van der Waals surface area contributed by atoms with Crippen molar-refractivity contribution in [3.8, 4) is 0 Å². The van der Waals surface area contributed by atoms with Crippen molar-refractivity contribution in [2.45, 2.75) is 0 Å². The average Bonchev–Trinajstić information content (AvgIpc) is 0.918. The van der Waals surface area contributed by atoms with Crippen LogP contribution in [-0.2, 0) is 13.1 Å². The quantitative estimate of drug-likeness (QED) is 0.472. The molecule has 0 fully saturated rings. The Bertz CT molecular complexity index is 6.00. The predicted octanol–water partition coefficient (Wildman–Crippen LogP) is 1.49. The summed E-state index contributed by atoms with van der Waals surface area (Å²) in [5.41, 5.74) is 0. The van der Waals surface area contributed by atoms with E-state index in [0.29, 0.717) is 0 Å². The molecule has 0 aliphatic rings. The van der Waals surface area contributed by atoms with Crippen molar-refractivity contribution in [3.05, 3.63) is 0 Å². The Kier molecular flexibility index (Phi) is 20.0. The van der Waals surface area contributed by atoms with Crippen LogP contribution in [0.25, 0.3) is 0 Å². The van der Waals surface area contributed by atoms with Crippen molar-refractivity contribution in [3.63, 3.8) is 0 Å². The van der Waals surface area contributed by atoms with Gasteiger partial charge in [-0.2, -0.15) is 13.5 Å². The second-order valence-electron chi connectivity index (χ2n) is 0.0505. The molecule has 4 heavy (non-hydrogen) atoms. The molecule has 0 amide bonds. The van der Waals surface area contributed by atoms with E-state index in [2.05, 4.69) is 0 Å². The van der Waals surface area contributed by atoms with E-state index in [4.69, 9.17) is 20.2 Å². The van der Waals surface area contributed by atoms with Crippen LogP contribution in [0.5, 0.6) is 0 Å². The minimum atomic E-state index is 0. The van der Waals surface area contributed by atoms with Crippen LogP contribution in [0.1, 0.15) is 0 Å². The SMILES string of the molecule is S.[Cl][Fe][Cl]. The van der Waals surface area contributed by atoms with Crippen LogP contribution < -0.4 is 0 Å². The van der Waals surface area contributed by atoms with Gasteiger partial charge in [0.2, 0.25) is 0 Å². The summed E-state index contributed by atoms with van der Waals surface area (Å²) in [6, 6.07) is 0. The molecule has 0 saturated carbocycles. The maximum absolute atomic E-state index is 4.76. The van der Waals surface area contributed by atoms with Gasteiger partial charge in [0, 0.05) is 0 Å². The van der Waals surface area contributed by atoms with Crippen LogP contribution in [0.2, 0.25) is 0 Å². The number of halogens is 2.